The first-order chi connectivity index (χ1) is 13.8. The standard InChI is InChI=1S/C23H30N4O2/c1-23(2,3)19-10-8-18(9-11-19)22(29)25-17-21(28)27-14-6-13-26(15-16-27)20-7-4-5-12-24-20/h4-5,7-12H,6,13-17H2,1-3H3,(H,25,29). The molecule has 0 radical (unpaired) electrons. The van der Waals surface area contributed by atoms with Gasteiger partial charge in [0.1, 0.15) is 5.82 Å². The van der Waals surface area contributed by atoms with Crippen LogP contribution in [0.4, 0.5) is 5.82 Å². The van der Waals surface area contributed by atoms with E-state index in [1.807, 2.05) is 47.4 Å². The van der Waals surface area contributed by atoms with Crippen molar-refractivity contribution in [1.82, 2.24) is 15.2 Å². The lowest BCUT2D eigenvalue weighted by molar-refractivity contribution is -0.129. The predicted molar refractivity (Wildman–Crippen MR) is 115 cm³/mol. The van der Waals surface area contributed by atoms with Gasteiger partial charge >= 0.3 is 0 Å². The fourth-order valence-corrected chi connectivity index (χ4v) is 3.43. The first-order valence-corrected chi connectivity index (χ1v) is 10.2. The summed E-state index contributed by atoms with van der Waals surface area (Å²) in [5.74, 6) is 0.671. The number of benzene rings is 1. The molecule has 0 atom stereocenters. The highest BCUT2D eigenvalue weighted by atomic mass is 16.2. The minimum Gasteiger partial charge on any atom is -0.355 e. The summed E-state index contributed by atoms with van der Waals surface area (Å²) >= 11 is 0. The Bertz CT molecular complexity index is 828. The lowest BCUT2D eigenvalue weighted by atomic mass is 9.87. The molecule has 1 aromatic carbocycles. The average molecular weight is 395 g/mol. The molecule has 6 heteroatoms. The third kappa shape index (κ3) is 5.56. The van der Waals surface area contributed by atoms with Gasteiger partial charge in [-0.25, -0.2) is 4.98 Å². The lowest BCUT2D eigenvalue weighted by Crippen LogP contribution is -2.42. The zero-order valence-corrected chi connectivity index (χ0v) is 17.5. The van der Waals surface area contributed by atoms with E-state index in [9.17, 15) is 9.59 Å². The summed E-state index contributed by atoms with van der Waals surface area (Å²) in [7, 11) is 0. The van der Waals surface area contributed by atoms with Crippen LogP contribution in [-0.4, -0.2) is 54.4 Å². The number of rotatable bonds is 4. The lowest BCUT2D eigenvalue weighted by Gasteiger charge is -2.23. The molecule has 1 aliphatic rings. The van der Waals surface area contributed by atoms with Crippen LogP contribution in [0.3, 0.4) is 0 Å². The van der Waals surface area contributed by atoms with E-state index < -0.39 is 0 Å². The van der Waals surface area contributed by atoms with Crippen LogP contribution in [-0.2, 0) is 10.2 Å². The van der Waals surface area contributed by atoms with Crippen LogP contribution in [0.5, 0.6) is 0 Å². The van der Waals surface area contributed by atoms with Crippen molar-refractivity contribution < 1.29 is 9.59 Å². The quantitative estimate of drug-likeness (QED) is 0.866. The van der Waals surface area contributed by atoms with E-state index in [0.29, 0.717) is 18.7 Å². The SMILES string of the molecule is CC(C)(C)c1ccc(C(=O)NCC(=O)N2CCCN(c3ccccn3)CC2)cc1. The molecule has 1 aromatic heterocycles. The molecule has 29 heavy (non-hydrogen) atoms. The van der Waals surface area contributed by atoms with Crippen molar-refractivity contribution in [3.05, 3.63) is 59.8 Å². The highest BCUT2D eigenvalue weighted by molar-refractivity contribution is 5.96. The first kappa shape index (κ1) is 20.8. The normalized spacial score (nSPS) is 15.0. The summed E-state index contributed by atoms with van der Waals surface area (Å²) < 4.78 is 0. The van der Waals surface area contributed by atoms with Crippen LogP contribution in [0.1, 0.15) is 43.1 Å². The molecule has 1 aliphatic heterocycles. The van der Waals surface area contributed by atoms with Gasteiger partial charge < -0.3 is 15.1 Å². The summed E-state index contributed by atoms with van der Waals surface area (Å²) in [6.07, 6.45) is 2.66. The molecule has 1 N–H and O–H groups in total. The number of carbonyl (C=O) groups is 2. The predicted octanol–water partition coefficient (Wildman–Crippen LogP) is 2.85. The summed E-state index contributed by atoms with van der Waals surface area (Å²) in [6, 6.07) is 13.4. The number of carbonyl (C=O) groups excluding carboxylic acids is 2. The maximum Gasteiger partial charge on any atom is 0.251 e. The Morgan fingerprint density at radius 1 is 1.00 bits per heavy atom. The van der Waals surface area contributed by atoms with E-state index in [2.05, 4.69) is 36.0 Å². The molecule has 3 rings (SSSR count). The number of aromatic nitrogens is 1. The molecule has 0 unspecified atom stereocenters. The van der Waals surface area contributed by atoms with Crippen LogP contribution in [0.2, 0.25) is 0 Å². The highest BCUT2D eigenvalue weighted by Gasteiger charge is 2.20. The second-order valence-electron chi connectivity index (χ2n) is 8.42. The molecule has 2 heterocycles. The van der Waals surface area contributed by atoms with Crippen molar-refractivity contribution in [3.63, 3.8) is 0 Å². The topological polar surface area (TPSA) is 65.5 Å². The zero-order valence-electron chi connectivity index (χ0n) is 17.5. The molecule has 154 valence electrons. The third-order valence-electron chi connectivity index (χ3n) is 5.24. The Balaban J connectivity index is 1.50. The van der Waals surface area contributed by atoms with Crippen LogP contribution in [0, 0.1) is 0 Å². The molecule has 2 aromatic rings. The van der Waals surface area contributed by atoms with Crippen molar-refractivity contribution in [2.24, 2.45) is 0 Å². The molecule has 0 bridgehead atoms. The molecular weight excluding hydrogens is 364 g/mol. The zero-order chi connectivity index (χ0) is 20.9. The van der Waals surface area contributed by atoms with Crippen molar-refractivity contribution in [3.8, 4) is 0 Å². The van der Waals surface area contributed by atoms with Crippen molar-refractivity contribution >= 4 is 17.6 Å². The van der Waals surface area contributed by atoms with E-state index >= 15 is 0 Å². The molecule has 0 spiro atoms. The minimum atomic E-state index is -0.219. The van der Waals surface area contributed by atoms with E-state index in [-0.39, 0.29) is 23.8 Å². The third-order valence-corrected chi connectivity index (χ3v) is 5.24. The summed E-state index contributed by atoms with van der Waals surface area (Å²) in [6.45, 7) is 9.36. The van der Waals surface area contributed by atoms with Crippen LogP contribution in [0.25, 0.3) is 0 Å². The molecule has 1 fully saturated rings. The van der Waals surface area contributed by atoms with E-state index in [1.165, 1.54) is 5.56 Å². The summed E-state index contributed by atoms with van der Waals surface area (Å²) in [4.78, 5) is 33.4. The molecule has 6 nitrogen and oxygen atoms in total. The summed E-state index contributed by atoms with van der Waals surface area (Å²) in [5, 5.41) is 2.76. The molecule has 0 aliphatic carbocycles. The maximum atomic E-state index is 12.6. The number of nitrogens with one attached hydrogen (secondary N) is 1. The monoisotopic (exact) mass is 394 g/mol. The van der Waals surface area contributed by atoms with E-state index in [0.717, 1.165) is 25.3 Å². The van der Waals surface area contributed by atoms with E-state index in [1.54, 1.807) is 6.20 Å². The fraction of sp³-hybridized carbons (Fsp3) is 0.435. The van der Waals surface area contributed by atoms with Gasteiger partial charge in [0.15, 0.2) is 0 Å². The number of pyridine rings is 1. The van der Waals surface area contributed by atoms with Gasteiger partial charge in [-0.3, -0.25) is 9.59 Å². The number of hydrogen-bond donors (Lipinski definition) is 1. The minimum absolute atomic E-state index is 0.0173. The highest BCUT2D eigenvalue weighted by Crippen LogP contribution is 2.22. The second-order valence-corrected chi connectivity index (χ2v) is 8.42. The summed E-state index contributed by atoms with van der Waals surface area (Å²) in [5.41, 5.74) is 1.79. The number of anilines is 1. The number of hydrogen-bond acceptors (Lipinski definition) is 4. The number of amides is 2. The average Bonchev–Trinajstić information content (AvgIpc) is 2.98. The maximum absolute atomic E-state index is 12.6. The van der Waals surface area contributed by atoms with Gasteiger partial charge in [0.2, 0.25) is 5.91 Å². The molecule has 1 saturated heterocycles. The van der Waals surface area contributed by atoms with Gasteiger partial charge in [-0.2, -0.15) is 0 Å². The molecule has 2 amide bonds. The Hall–Kier alpha value is -2.89. The Morgan fingerprint density at radius 3 is 2.41 bits per heavy atom. The van der Waals surface area contributed by atoms with Gasteiger partial charge in [-0.1, -0.05) is 39.0 Å². The Kier molecular flexibility index (Phi) is 6.52. The van der Waals surface area contributed by atoms with Crippen molar-refractivity contribution in [2.45, 2.75) is 32.6 Å². The van der Waals surface area contributed by atoms with Crippen LogP contribution in [0.15, 0.2) is 48.7 Å². The van der Waals surface area contributed by atoms with Gasteiger partial charge in [0.25, 0.3) is 5.91 Å². The number of nitrogens with zero attached hydrogens (tertiary/aromatic N) is 3. The molecule has 0 saturated carbocycles. The fourth-order valence-electron chi connectivity index (χ4n) is 3.43. The molecular formula is C23H30N4O2. The van der Waals surface area contributed by atoms with Crippen LogP contribution < -0.4 is 10.2 Å². The largest absolute Gasteiger partial charge is 0.355 e. The van der Waals surface area contributed by atoms with E-state index in [4.69, 9.17) is 0 Å². The van der Waals surface area contributed by atoms with Gasteiger partial charge in [-0.15, -0.1) is 0 Å². The van der Waals surface area contributed by atoms with Gasteiger partial charge in [0, 0.05) is 37.9 Å². The first-order valence-electron chi connectivity index (χ1n) is 10.2. The second kappa shape index (κ2) is 9.07. The Labute approximate surface area is 172 Å². The van der Waals surface area contributed by atoms with Crippen LogP contribution >= 0.6 is 0 Å². The van der Waals surface area contributed by atoms with Gasteiger partial charge in [-0.05, 0) is 41.7 Å². The van der Waals surface area contributed by atoms with Crippen molar-refractivity contribution in [1.29, 1.82) is 0 Å². The smallest absolute Gasteiger partial charge is 0.251 e. The van der Waals surface area contributed by atoms with Gasteiger partial charge in [0.05, 0.1) is 6.54 Å². The van der Waals surface area contributed by atoms with Crippen molar-refractivity contribution in [2.75, 3.05) is 37.6 Å². The Morgan fingerprint density at radius 2 is 1.76 bits per heavy atom.